The summed E-state index contributed by atoms with van der Waals surface area (Å²) in [5.74, 6) is 1.00. The summed E-state index contributed by atoms with van der Waals surface area (Å²) in [5, 5.41) is 4.39. The lowest BCUT2D eigenvalue weighted by Gasteiger charge is -1.97. The standard InChI is InChI=1S/C12H11N5/c1-8-14-11-7-10(9-5-3-2-4-6-9)16-17(11)12(13)15-8/h2-7H,1H3,(H2,13,14,15). The molecule has 2 N–H and O–H groups in total. The summed E-state index contributed by atoms with van der Waals surface area (Å²) < 4.78 is 1.55. The van der Waals surface area contributed by atoms with Crippen LogP contribution in [0.1, 0.15) is 5.82 Å². The van der Waals surface area contributed by atoms with Gasteiger partial charge in [-0.25, -0.2) is 4.98 Å². The first-order valence-electron chi connectivity index (χ1n) is 5.29. The average molecular weight is 225 g/mol. The number of nitrogen functional groups attached to an aromatic ring is 1. The zero-order chi connectivity index (χ0) is 11.8. The van der Waals surface area contributed by atoms with Crippen LogP contribution in [0.25, 0.3) is 16.9 Å². The van der Waals surface area contributed by atoms with Gasteiger partial charge in [-0.2, -0.15) is 14.6 Å². The van der Waals surface area contributed by atoms with Gasteiger partial charge in [0.15, 0.2) is 5.65 Å². The minimum atomic E-state index is 0.356. The van der Waals surface area contributed by atoms with E-state index in [2.05, 4.69) is 15.1 Å². The number of aromatic nitrogens is 4. The van der Waals surface area contributed by atoms with Crippen LogP contribution in [0.4, 0.5) is 5.95 Å². The number of aryl methyl sites for hydroxylation is 1. The first kappa shape index (κ1) is 9.77. The molecule has 0 aliphatic carbocycles. The van der Waals surface area contributed by atoms with Crippen LogP contribution in [0.2, 0.25) is 0 Å². The van der Waals surface area contributed by atoms with Crippen LogP contribution >= 0.6 is 0 Å². The summed E-state index contributed by atoms with van der Waals surface area (Å²) in [4.78, 5) is 8.37. The van der Waals surface area contributed by atoms with E-state index in [9.17, 15) is 0 Å². The van der Waals surface area contributed by atoms with Gasteiger partial charge in [0, 0.05) is 11.6 Å². The molecule has 0 amide bonds. The molecule has 0 fully saturated rings. The summed E-state index contributed by atoms with van der Waals surface area (Å²) in [5.41, 5.74) is 8.40. The van der Waals surface area contributed by atoms with E-state index in [1.807, 2.05) is 43.3 Å². The maximum atomic E-state index is 5.80. The fraction of sp³-hybridized carbons (Fsp3) is 0.0833. The Morgan fingerprint density at radius 3 is 2.65 bits per heavy atom. The molecule has 84 valence electrons. The average Bonchev–Trinajstić information content (AvgIpc) is 2.74. The van der Waals surface area contributed by atoms with Gasteiger partial charge in [0.1, 0.15) is 5.82 Å². The van der Waals surface area contributed by atoms with Crippen LogP contribution in [0.5, 0.6) is 0 Å². The Kier molecular flexibility index (Phi) is 2.04. The van der Waals surface area contributed by atoms with E-state index in [1.54, 1.807) is 4.52 Å². The molecule has 3 aromatic rings. The molecule has 1 aromatic carbocycles. The molecule has 0 saturated heterocycles. The van der Waals surface area contributed by atoms with Crippen molar-refractivity contribution in [1.29, 1.82) is 0 Å². The monoisotopic (exact) mass is 225 g/mol. The van der Waals surface area contributed by atoms with Gasteiger partial charge >= 0.3 is 0 Å². The van der Waals surface area contributed by atoms with Gasteiger partial charge in [0.2, 0.25) is 5.95 Å². The number of benzene rings is 1. The quantitative estimate of drug-likeness (QED) is 0.684. The van der Waals surface area contributed by atoms with E-state index in [0.717, 1.165) is 11.3 Å². The number of hydrogen-bond donors (Lipinski definition) is 1. The molecule has 0 aliphatic rings. The molecule has 5 nitrogen and oxygen atoms in total. The maximum absolute atomic E-state index is 5.80. The summed E-state index contributed by atoms with van der Waals surface area (Å²) in [7, 11) is 0. The predicted octanol–water partition coefficient (Wildman–Crippen LogP) is 1.68. The second-order valence-corrected chi connectivity index (χ2v) is 3.79. The molecule has 0 radical (unpaired) electrons. The van der Waals surface area contributed by atoms with E-state index < -0.39 is 0 Å². The smallest absolute Gasteiger partial charge is 0.224 e. The number of hydrogen-bond acceptors (Lipinski definition) is 4. The van der Waals surface area contributed by atoms with E-state index in [4.69, 9.17) is 5.73 Å². The lowest BCUT2D eigenvalue weighted by Crippen LogP contribution is -2.04. The summed E-state index contributed by atoms with van der Waals surface area (Å²) in [6, 6.07) is 11.8. The number of rotatable bonds is 1. The zero-order valence-electron chi connectivity index (χ0n) is 9.33. The Morgan fingerprint density at radius 1 is 1.12 bits per heavy atom. The third-order valence-electron chi connectivity index (χ3n) is 2.53. The van der Waals surface area contributed by atoms with Gasteiger partial charge in [-0.1, -0.05) is 30.3 Å². The minimum absolute atomic E-state index is 0.356. The van der Waals surface area contributed by atoms with Gasteiger partial charge in [-0.15, -0.1) is 0 Å². The highest BCUT2D eigenvalue weighted by molar-refractivity contribution is 5.64. The highest BCUT2D eigenvalue weighted by Gasteiger charge is 2.08. The highest BCUT2D eigenvalue weighted by Crippen LogP contribution is 2.19. The van der Waals surface area contributed by atoms with Crippen molar-refractivity contribution in [2.24, 2.45) is 0 Å². The molecule has 2 aromatic heterocycles. The molecular formula is C12H11N5. The van der Waals surface area contributed by atoms with Crippen molar-refractivity contribution in [3.05, 3.63) is 42.2 Å². The Morgan fingerprint density at radius 2 is 1.88 bits per heavy atom. The van der Waals surface area contributed by atoms with E-state index in [1.165, 1.54) is 0 Å². The first-order valence-corrected chi connectivity index (χ1v) is 5.29. The number of anilines is 1. The van der Waals surface area contributed by atoms with Crippen molar-refractivity contribution in [1.82, 2.24) is 19.6 Å². The van der Waals surface area contributed by atoms with Crippen molar-refractivity contribution < 1.29 is 0 Å². The van der Waals surface area contributed by atoms with Crippen LogP contribution in [0, 0.1) is 6.92 Å². The predicted molar refractivity (Wildman–Crippen MR) is 65.4 cm³/mol. The third-order valence-corrected chi connectivity index (χ3v) is 2.53. The summed E-state index contributed by atoms with van der Waals surface area (Å²) >= 11 is 0. The number of nitrogens with zero attached hydrogens (tertiary/aromatic N) is 4. The second kappa shape index (κ2) is 3.55. The van der Waals surface area contributed by atoms with Gasteiger partial charge in [0.25, 0.3) is 0 Å². The third kappa shape index (κ3) is 1.61. The summed E-state index contributed by atoms with van der Waals surface area (Å²) in [6.45, 7) is 1.81. The fourth-order valence-corrected chi connectivity index (χ4v) is 1.77. The Balaban J connectivity index is 2.24. The molecule has 2 heterocycles. The lowest BCUT2D eigenvalue weighted by atomic mass is 10.2. The van der Waals surface area contributed by atoms with Gasteiger partial charge < -0.3 is 5.73 Å². The van der Waals surface area contributed by atoms with E-state index in [-0.39, 0.29) is 0 Å². The number of nitrogens with two attached hydrogens (primary N) is 1. The van der Waals surface area contributed by atoms with Crippen LogP contribution < -0.4 is 5.73 Å². The normalized spacial score (nSPS) is 10.9. The molecule has 0 aliphatic heterocycles. The molecule has 17 heavy (non-hydrogen) atoms. The molecular weight excluding hydrogens is 214 g/mol. The Labute approximate surface area is 97.9 Å². The molecule has 0 spiro atoms. The van der Waals surface area contributed by atoms with Crippen LogP contribution in [-0.2, 0) is 0 Å². The van der Waals surface area contributed by atoms with Gasteiger partial charge in [-0.05, 0) is 6.92 Å². The highest BCUT2D eigenvalue weighted by atomic mass is 15.3. The first-order chi connectivity index (χ1) is 8.24. The molecule has 3 rings (SSSR count). The Hall–Kier alpha value is -2.43. The fourth-order valence-electron chi connectivity index (χ4n) is 1.77. The number of fused-ring (bicyclic) bond motifs is 1. The molecule has 5 heteroatoms. The van der Waals surface area contributed by atoms with Crippen LogP contribution in [-0.4, -0.2) is 19.6 Å². The largest absolute Gasteiger partial charge is 0.368 e. The maximum Gasteiger partial charge on any atom is 0.224 e. The van der Waals surface area contributed by atoms with E-state index >= 15 is 0 Å². The topological polar surface area (TPSA) is 69.1 Å². The lowest BCUT2D eigenvalue weighted by molar-refractivity contribution is 0.889. The van der Waals surface area contributed by atoms with Crippen LogP contribution in [0.3, 0.4) is 0 Å². The van der Waals surface area contributed by atoms with Gasteiger partial charge in [-0.3, -0.25) is 0 Å². The molecule has 0 bridgehead atoms. The van der Waals surface area contributed by atoms with Crippen LogP contribution in [0.15, 0.2) is 36.4 Å². The van der Waals surface area contributed by atoms with E-state index in [0.29, 0.717) is 17.4 Å². The second-order valence-electron chi connectivity index (χ2n) is 3.79. The molecule has 0 unspecified atom stereocenters. The van der Waals surface area contributed by atoms with Crippen molar-refractivity contribution >= 4 is 11.6 Å². The van der Waals surface area contributed by atoms with Crippen molar-refractivity contribution in [3.8, 4) is 11.3 Å². The molecule has 0 saturated carbocycles. The summed E-state index contributed by atoms with van der Waals surface area (Å²) in [6.07, 6.45) is 0. The van der Waals surface area contributed by atoms with Gasteiger partial charge in [0.05, 0.1) is 5.69 Å². The van der Waals surface area contributed by atoms with Crippen molar-refractivity contribution in [3.63, 3.8) is 0 Å². The Bertz CT molecular complexity index is 672. The minimum Gasteiger partial charge on any atom is -0.368 e. The van der Waals surface area contributed by atoms with Crippen molar-refractivity contribution in [2.75, 3.05) is 5.73 Å². The zero-order valence-corrected chi connectivity index (χ0v) is 9.33. The van der Waals surface area contributed by atoms with Crippen molar-refractivity contribution in [2.45, 2.75) is 6.92 Å². The SMILES string of the molecule is Cc1nc(N)n2nc(-c3ccccc3)cc2n1. The molecule has 0 atom stereocenters.